The molecule has 0 saturated carbocycles. The van der Waals surface area contributed by atoms with Crippen LogP contribution in [-0.2, 0) is 11.2 Å². The summed E-state index contributed by atoms with van der Waals surface area (Å²) in [5.41, 5.74) is 0.878. The van der Waals surface area contributed by atoms with Crippen molar-refractivity contribution in [2.24, 2.45) is 0 Å². The molecule has 0 atom stereocenters. The van der Waals surface area contributed by atoms with Crippen molar-refractivity contribution in [3.63, 3.8) is 0 Å². The first-order chi connectivity index (χ1) is 7.25. The van der Waals surface area contributed by atoms with Crippen LogP contribution in [-0.4, -0.2) is 16.1 Å². The van der Waals surface area contributed by atoms with Crippen molar-refractivity contribution in [3.8, 4) is 11.4 Å². The predicted molar refractivity (Wildman–Crippen MR) is 50.9 cm³/mol. The first-order valence-electron chi connectivity index (χ1n) is 4.30. The SMILES string of the molecule is O=C([O-])CCc1nc(-c2ccsc2)no1. The van der Waals surface area contributed by atoms with Crippen molar-refractivity contribution >= 4 is 17.3 Å². The van der Waals surface area contributed by atoms with E-state index in [4.69, 9.17) is 4.52 Å². The normalized spacial score (nSPS) is 10.4. The van der Waals surface area contributed by atoms with Gasteiger partial charge in [0.05, 0.1) is 0 Å². The zero-order chi connectivity index (χ0) is 10.7. The zero-order valence-corrected chi connectivity index (χ0v) is 8.49. The second-order valence-electron chi connectivity index (χ2n) is 2.90. The maximum atomic E-state index is 10.2. The van der Waals surface area contributed by atoms with E-state index in [1.807, 2.05) is 16.8 Å². The quantitative estimate of drug-likeness (QED) is 0.753. The van der Waals surface area contributed by atoms with E-state index >= 15 is 0 Å². The highest BCUT2D eigenvalue weighted by Gasteiger charge is 2.08. The van der Waals surface area contributed by atoms with Crippen LogP contribution in [0, 0.1) is 0 Å². The molecular formula is C9H7N2O3S-. The van der Waals surface area contributed by atoms with Gasteiger partial charge in [-0.2, -0.15) is 16.3 Å². The fourth-order valence-electron chi connectivity index (χ4n) is 1.07. The van der Waals surface area contributed by atoms with Crippen LogP contribution in [0.5, 0.6) is 0 Å². The lowest BCUT2D eigenvalue weighted by Gasteiger charge is -1.95. The van der Waals surface area contributed by atoms with Crippen molar-refractivity contribution < 1.29 is 14.4 Å². The zero-order valence-electron chi connectivity index (χ0n) is 7.67. The third kappa shape index (κ3) is 2.41. The maximum absolute atomic E-state index is 10.2. The van der Waals surface area contributed by atoms with Crippen LogP contribution >= 0.6 is 11.3 Å². The van der Waals surface area contributed by atoms with E-state index < -0.39 is 5.97 Å². The molecule has 15 heavy (non-hydrogen) atoms. The Balaban J connectivity index is 2.08. The Morgan fingerprint density at radius 1 is 1.60 bits per heavy atom. The molecule has 2 aromatic heterocycles. The summed E-state index contributed by atoms with van der Waals surface area (Å²) in [5, 5.41) is 17.8. The van der Waals surface area contributed by atoms with Gasteiger partial charge >= 0.3 is 0 Å². The minimum Gasteiger partial charge on any atom is -0.550 e. The third-order valence-electron chi connectivity index (χ3n) is 1.79. The number of carboxylic acid groups (broad SMARTS) is 1. The summed E-state index contributed by atoms with van der Waals surface area (Å²) in [4.78, 5) is 14.3. The summed E-state index contributed by atoms with van der Waals surface area (Å²) in [5.74, 6) is -0.310. The molecule has 0 aliphatic carbocycles. The summed E-state index contributed by atoms with van der Waals surface area (Å²) in [7, 11) is 0. The lowest BCUT2D eigenvalue weighted by Crippen LogP contribution is -2.22. The van der Waals surface area contributed by atoms with Gasteiger partial charge in [-0.15, -0.1) is 0 Å². The molecule has 0 fully saturated rings. The van der Waals surface area contributed by atoms with Gasteiger partial charge in [0.25, 0.3) is 0 Å². The Morgan fingerprint density at radius 2 is 2.47 bits per heavy atom. The molecule has 0 saturated heterocycles. The van der Waals surface area contributed by atoms with Gasteiger partial charge in [0.1, 0.15) is 0 Å². The molecule has 0 radical (unpaired) electrons. The maximum Gasteiger partial charge on any atom is 0.227 e. The summed E-state index contributed by atoms with van der Waals surface area (Å²) in [6, 6.07) is 1.87. The summed E-state index contributed by atoms with van der Waals surface area (Å²) < 4.78 is 4.89. The Kier molecular flexibility index (Phi) is 2.77. The van der Waals surface area contributed by atoms with Gasteiger partial charge in [0, 0.05) is 23.3 Å². The predicted octanol–water partition coefficient (Wildman–Crippen LogP) is 0.481. The van der Waals surface area contributed by atoms with Gasteiger partial charge in [0.15, 0.2) is 0 Å². The molecule has 0 aliphatic heterocycles. The van der Waals surface area contributed by atoms with E-state index in [-0.39, 0.29) is 12.8 Å². The van der Waals surface area contributed by atoms with Crippen molar-refractivity contribution in [1.82, 2.24) is 10.1 Å². The van der Waals surface area contributed by atoms with Crippen molar-refractivity contribution in [2.75, 3.05) is 0 Å². The molecule has 2 heterocycles. The molecular weight excluding hydrogens is 216 g/mol. The number of rotatable bonds is 4. The molecule has 0 aliphatic rings. The lowest BCUT2D eigenvalue weighted by molar-refractivity contribution is -0.305. The molecule has 0 N–H and O–H groups in total. The topological polar surface area (TPSA) is 79.0 Å². The van der Waals surface area contributed by atoms with Crippen LogP contribution in [0.2, 0.25) is 0 Å². The number of hydrogen-bond donors (Lipinski definition) is 0. The summed E-state index contributed by atoms with van der Waals surface area (Å²) in [6.45, 7) is 0. The number of carboxylic acids is 1. The van der Waals surface area contributed by atoms with Crippen molar-refractivity contribution in [2.45, 2.75) is 12.8 Å². The lowest BCUT2D eigenvalue weighted by atomic mass is 10.3. The molecule has 0 amide bonds. The van der Waals surface area contributed by atoms with Crippen LogP contribution in [0.25, 0.3) is 11.4 Å². The van der Waals surface area contributed by atoms with Crippen LogP contribution < -0.4 is 5.11 Å². The molecule has 0 bridgehead atoms. The Bertz CT molecular complexity index is 450. The average molecular weight is 223 g/mol. The number of aryl methyl sites for hydroxylation is 1. The van der Waals surface area contributed by atoms with Crippen LogP contribution in [0.1, 0.15) is 12.3 Å². The molecule has 0 spiro atoms. The van der Waals surface area contributed by atoms with E-state index in [2.05, 4.69) is 10.1 Å². The van der Waals surface area contributed by atoms with Gasteiger partial charge in [0.2, 0.25) is 11.7 Å². The van der Waals surface area contributed by atoms with E-state index in [1.54, 1.807) is 0 Å². The Hall–Kier alpha value is -1.69. The van der Waals surface area contributed by atoms with Gasteiger partial charge < -0.3 is 14.4 Å². The molecule has 0 unspecified atom stereocenters. The molecule has 5 nitrogen and oxygen atoms in total. The average Bonchev–Trinajstić information content (AvgIpc) is 2.85. The highest BCUT2D eigenvalue weighted by Crippen LogP contribution is 2.18. The van der Waals surface area contributed by atoms with Crippen molar-refractivity contribution in [3.05, 3.63) is 22.7 Å². The Morgan fingerprint density at radius 3 is 3.13 bits per heavy atom. The van der Waals surface area contributed by atoms with Gasteiger partial charge in [-0.3, -0.25) is 0 Å². The number of carbonyl (C=O) groups is 1. The van der Waals surface area contributed by atoms with Crippen LogP contribution in [0.15, 0.2) is 21.3 Å². The molecule has 2 aromatic rings. The highest BCUT2D eigenvalue weighted by molar-refractivity contribution is 7.08. The monoisotopic (exact) mass is 223 g/mol. The largest absolute Gasteiger partial charge is 0.550 e. The highest BCUT2D eigenvalue weighted by atomic mass is 32.1. The molecule has 0 aromatic carbocycles. The minimum atomic E-state index is -1.12. The molecule has 78 valence electrons. The van der Waals surface area contributed by atoms with E-state index in [1.165, 1.54) is 11.3 Å². The fraction of sp³-hybridized carbons (Fsp3) is 0.222. The molecule has 2 rings (SSSR count). The fourth-order valence-corrected chi connectivity index (χ4v) is 1.71. The number of hydrogen-bond acceptors (Lipinski definition) is 6. The number of thiophene rings is 1. The number of aliphatic carboxylic acids is 1. The molecule has 6 heteroatoms. The second kappa shape index (κ2) is 4.22. The summed E-state index contributed by atoms with van der Waals surface area (Å²) >= 11 is 1.54. The van der Waals surface area contributed by atoms with Gasteiger partial charge in [-0.1, -0.05) is 5.16 Å². The second-order valence-corrected chi connectivity index (χ2v) is 3.68. The van der Waals surface area contributed by atoms with Crippen LogP contribution in [0.4, 0.5) is 0 Å². The third-order valence-corrected chi connectivity index (χ3v) is 2.47. The van der Waals surface area contributed by atoms with Crippen molar-refractivity contribution in [1.29, 1.82) is 0 Å². The summed E-state index contributed by atoms with van der Waals surface area (Å²) in [6.07, 6.45) is 0.102. The van der Waals surface area contributed by atoms with E-state index in [0.29, 0.717) is 11.7 Å². The number of carbonyl (C=O) groups excluding carboxylic acids is 1. The minimum absolute atomic E-state index is 0.106. The number of aromatic nitrogens is 2. The first-order valence-corrected chi connectivity index (χ1v) is 5.25. The smallest absolute Gasteiger partial charge is 0.227 e. The van der Waals surface area contributed by atoms with Gasteiger partial charge in [-0.25, -0.2) is 0 Å². The van der Waals surface area contributed by atoms with Crippen LogP contribution in [0.3, 0.4) is 0 Å². The van der Waals surface area contributed by atoms with E-state index in [9.17, 15) is 9.90 Å². The van der Waals surface area contributed by atoms with Gasteiger partial charge in [-0.05, 0) is 17.9 Å². The first kappa shape index (κ1) is 9.85. The number of nitrogens with zero attached hydrogens (tertiary/aromatic N) is 2. The Labute approximate surface area is 89.4 Å². The van der Waals surface area contributed by atoms with E-state index in [0.717, 1.165) is 5.56 Å². The standard InChI is InChI=1S/C9H8N2O3S/c12-8(13)2-1-7-10-9(11-14-7)6-3-4-15-5-6/h3-5H,1-2H2,(H,12,13)/p-1.